The molecular formula is C19H29N3O. The van der Waals surface area contributed by atoms with Crippen molar-refractivity contribution >= 4 is 11.6 Å². The SMILES string of the molecule is Cc1ccc(NC(=O)C2CCN(C3CCNCC3)CC2)cc1C. The second-order valence-corrected chi connectivity index (χ2v) is 7.08. The quantitative estimate of drug-likeness (QED) is 0.901. The maximum Gasteiger partial charge on any atom is 0.227 e. The second kappa shape index (κ2) is 7.45. The summed E-state index contributed by atoms with van der Waals surface area (Å²) in [6, 6.07) is 6.87. The molecule has 4 heteroatoms. The first-order valence-electron chi connectivity index (χ1n) is 8.96. The zero-order valence-corrected chi connectivity index (χ0v) is 14.4. The molecule has 1 aromatic carbocycles. The van der Waals surface area contributed by atoms with Gasteiger partial charge in [0.25, 0.3) is 0 Å². The highest BCUT2D eigenvalue weighted by molar-refractivity contribution is 5.92. The molecule has 1 amide bonds. The molecule has 0 radical (unpaired) electrons. The number of benzene rings is 1. The molecule has 23 heavy (non-hydrogen) atoms. The number of piperidine rings is 2. The highest BCUT2D eigenvalue weighted by Gasteiger charge is 2.29. The zero-order valence-electron chi connectivity index (χ0n) is 14.4. The Kier molecular flexibility index (Phi) is 5.34. The molecule has 1 aromatic rings. The van der Waals surface area contributed by atoms with E-state index in [0.717, 1.165) is 50.7 Å². The van der Waals surface area contributed by atoms with Crippen molar-refractivity contribution in [3.05, 3.63) is 29.3 Å². The van der Waals surface area contributed by atoms with Crippen LogP contribution in [0.4, 0.5) is 5.69 Å². The number of hydrogen-bond donors (Lipinski definition) is 2. The van der Waals surface area contributed by atoms with Gasteiger partial charge in [-0.05, 0) is 89.0 Å². The monoisotopic (exact) mass is 315 g/mol. The second-order valence-electron chi connectivity index (χ2n) is 7.08. The van der Waals surface area contributed by atoms with Gasteiger partial charge in [-0.15, -0.1) is 0 Å². The molecule has 2 N–H and O–H groups in total. The standard InChI is InChI=1S/C19H29N3O/c1-14-3-4-17(13-15(14)2)21-19(23)16-7-11-22(12-8-16)18-5-9-20-10-6-18/h3-4,13,16,18,20H,5-12H2,1-2H3,(H,21,23). The molecule has 0 unspecified atom stereocenters. The molecule has 3 rings (SSSR count). The molecule has 0 atom stereocenters. The van der Waals surface area contributed by atoms with Gasteiger partial charge >= 0.3 is 0 Å². The molecular weight excluding hydrogens is 286 g/mol. The molecule has 2 saturated heterocycles. The van der Waals surface area contributed by atoms with Crippen LogP contribution in [0.25, 0.3) is 0 Å². The Bertz CT molecular complexity index is 544. The lowest BCUT2D eigenvalue weighted by Crippen LogP contribution is -2.47. The van der Waals surface area contributed by atoms with Crippen LogP contribution in [-0.4, -0.2) is 43.0 Å². The van der Waals surface area contributed by atoms with Gasteiger partial charge in [0, 0.05) is 17.6 Å². The highest BCUT2D eigenvalue weighted by Crippen LogP contribution is 2.24. The predicted octanol–water partition coefficient (Wildman–Crippen LogP) is 2.71. The molecule has 2 fully saturated rings. The van der Waals surface area contributed by atoms with Gasteiger partial charge in [0.1, 0.15) is 0 Å². The van der Waals surface area contributed by atoms with Crippen LogP contribution in [-0.2, 0) is 4.79 Å². The van der Waals surface area contributed by atoms with Gasteiger partial charge in [-0.1, -0.05) is 6.07 Å². The lowest BCUT2D eigenvalue weighted by atomic mass is 9.93. The number of anilines is 1. The van der Waals surface area contributed by atoms with Crippen molar-refractivity contribution in [1.29, 1.82) is 0 Å². The molecule has 2 aliphatic heterocycles. The van der Waals surface area contributed by atoms with Crippen molar-refractivity contribution in [2.45, 2.75) is 45.6 Å². The van der Waals surface area contributed by atoms with Crippen LogP contribution in [0.1, 0.15) is 36.8 Å². The molecule has 0 aliphatic carbocycles. The number of carbonyl (C=O) groups excluding carboxylic acids is 1. The molecule has 0 aromatic heterocycles. The van der Waals surface area contributed by atoms with Gasteiger partial charge in [0.05, 0.1) is 0 Å². The normalized spacial score (nSPS) is 21.3. The van der Waals surface area contributed by atoms with Gasteiger partial charge in [-0.25, -0.2) is 0 Å². The molecule has 0 bridgehead atoms. The van der Waals surface area contributed by atoms with E-state index in [1.807, 2.05) is 6.07 Å². The first kappa shape index (κ1) is 16.5. The number of carbonyl (C=O) groups is 1. The van der Waals surface area contributed by atoms with Gasteiger partial charge < -0.3 is 15.5 Å². The number of nitrogens with one attached hydrogen (secondary N) is 2. The number of rotatable bonds is 3. The number of nitrogens with zero attached hydrogens (tertiary/aromatic N) is 1. The van der Waals surface area contributed by atoms with Crippen LogP contribution < -0.4 is 10.6 Å². The van der Waals surface area contributed by atoms with E-state index in [1.54, 1.807) is 0 Å². The smallest absolute Gasteiger partial charge is 0.227 e. The summed E-state index contributed by atoms with van der Waals surface area (Å²) in [5.41, 5.74) is 3.42. The summed E-state index contributed by atoms with van der Waals surface area (Å²) < 4.78 is 0. The van der Waals surface area contributed by atoms with Crippen LogP contribution in [0.2, 0.25) is 0 Å². The molecule has 126 valence electrons. The summed E-state index contributed by atoms with van der Waals surface area (Å²) in [4.78, 5) is 15.1. The predicted molar refractivity (Wildman–Crippen MR) is 94.7 cm³/mol. The van der Waals surface area contributed by atoms with E-state index < -0.39 is 0 Å². The fourth-order valence-electron chi connectivity index (χ4n) is 3.76. The molecule has 4 nitrogen and oxygen atoms in total. The van der Waals surface area contributed by atoms with Crippen LogP contribution in [0, 0.1) is 19.8 Å². The summed E-state index contributed by atoms with van der Waals surface area (Å²) in [7, 11) is 0. The van der Waals surface area contributed by atoms with Crippen LogP contribution in [0.3, 0.4) is 0 Å². The van der Waals surface area contributed by atoms with Crippen molar-refractivity contribution in [2.75, 3.05) is 31.5 Å². The summed E-state index contributed by atoms with van der Waals surface area (Å²) in [6.07, 6.45) is 4.47. The number of likely N-dealkylation sites (tertiary alicyclic amines) is 1. The Morgan fingerprint density at radius 3 is 2.43 bits per heavy atom. The fourth-order valence-corrected chi connectivity index (χ4v) is 3.76. The lowest BCUT2D eigenvalue weighted by molar-refractivity contribution is -0.121. The van der Waals surface area contributed by atoms with Gasteiger partial charge in [-0.3, -0.25) is 4.79 Å². The van der Waals surface area contributed by atoms with Crippen LogP contribution in [0.5, 0.6) is 0 Å². The van der Waals surface area contributed by atoms with Crippen molar-refractivity contribution in [3.63, 3.8) is 0 Å². The van der Waals surface area contributed by atoms with Crippen molar-refractivity contribution in [3.8, 4) is 0 Å². The average Bonchev–Trinajstić information content (AvgIpc) is 2.59. The minimum Gasteiger partial charge on any atom is -0.326 e. The Labute approximate surface area is 139 Å². The summed E-state index contributed by atoms with van der Waals surface area (Å²) >= 11 is 0. The molecule has 2 aliphatic rings. The Morgan fingerprint density at radius 1 is 1.09 bits per heavy atom. The van der Waals surface area contributed by atoms with E-state index in [-0.39, 0.29) is 11.8 Å². The third-order valence-corrected chi connectivity index (χ3v) is 5.50. The molecule has 0 saturated carbocycles. The van der Waals surface area contributed by atoms with Crippen molar-refractivity contribution < 1.29 is 4.79 Å². The van der Waals surface area contributed by atoms with Gasteiger partial charge in [-0.2, -0.15) is 0 Å². The Balaban J connectivity index is 1.50. The minimum absolute atomic E-state index is 0.162. The Hall–Kier alpha value is -1.39. The van der Waals surface area contributed by atoms with E-state index in [1.165, 1.54) is 24.0 Å². The largest absolute Gasteiger partial charge is 0.326 e. The molecule has 0 spiro atoms. The minimum atomic E-state index is 0.162. The highest BCUT2D eigenvalue weighted by atomic mass is 16.1. The maximum absolute atomic E-state index is 12.5. The van der Waals surface area contributed by atoms with Gasteiger partial charge in [0.15, 0.2) is 0 Å². The molecule has 2 heterocycles. The van der Waals surface area contributed by atoms with E-state index >= 15 is 0 Å². The van der Waals surface area contributed by atoms with E-state index in [4.69, 9.17) is 0 Å². The Morgan fingerprint density at radius 2 is 1.78 bits per heavy atom. The topological polar surface area (TPSA) is 44.4 Å². The first-order chi connectivity index (χ1) is 11.1. The van der Waals surface area contributed by atoms with E-state index in [2.05, 4.69) is 41.5 Å². The van der Waals surface area contributed by atoms with Crippen molar-refractivity contribution in [1.82, 2.24) is 10.2 Å². The average molecular weight is 315 g/mol. The third-order valence-electron chi connectivity index (χ3n) is 5.50. The lowest BCUT2D eigenvalue weighted by Gasteiger charge is -2.39. The van der Waals surface area contributed by atoms with E-state index in [0.29, 0.717) is 0 Å². The van der Waals surface area contributed by atoms with E-state index in [9.17, 15) is 4.79 Å². The van der Waals surface area contributed by atoms with Crippen LogP contribution in [0.15, 0.2) is 18.2 Å². The number of aryl methyl sites for hydroxylation is 2. The fraction of sp³-hybridized carbons (Fsp3) is 0.632. The first-order valence-corrected chi connectivity index (χ1v) is 8.96. The summed E-state index contributed by atoms with van der Waals surface area (Å²) in [5, 5.41) is 6.53. The van der Waals surface area contributed by atoms with Crippen molar-refractivity contribution in [2.24, 2.45) is 5.92 Å². The third kappa shape index (κ3) is 4.12. The summed E-state index contributed by atoms with van der Waals surface area (Å²) in [5.74, 6) is 0.354. The zero-order chi connectivity index (χ0) is 16.2. The number of hydrogen-bond acceptors (Lipinski definition) is 3. The number of amides is 1. The van der Waals surface area contributed by atoms with Gasteiger partial charge in [0.2, 0.25) is 5.91 Å². The summed E-state index contributed by atoms with van der Waals surface area (Å²) in [6.45, 7) is 8.58. The maximum atomic E-state index is 12.5. The van der Waals surface area contributed by atoms with Crippen LogP contribution >= 0.6 is 0 Å².